The number of carbonyl (C=O) groups excluding carboxylic acids is 1. The largest absolute Gasteiger partial charge is 0.481 e. The molecule has 1 aromatic rings. The lowest BCUT2D eigenvalue weighted by molar-refractivity contribution is -0.138. The first kappa shape index (κ1) is 14.8. The number of thiazole rings is 1. The summed E-state index contributed by atoms with van der Waals surface area (Å²) in [7, 11) is 0. The van der Waals surface area contributed by atoms with E-state index >= 15 is 0 Å². The minimum atomic E-state index is -0.794. The Hall–Kier alpha value is -1.63. The molecule has 0 aromatic carbocycles. The average molecular weight is 297 g/mol. The number of aryl methyl sites for hydroxylation is 1. The van der Waals surface area contributed by atoms with Crippen molar-refractivity contribution in [2.45, 2.75) is 32.7 Å². The SMILES string of the molecule is Cc1ncsc1CNC(=O)N1CCCC(CC(=O)O)C1. The molecule has 110 valence electrons. The monoisotopic (exact) mass is 297 g/mol. The highest BCUT2D eigenvalue weighted by molar-refractivity contribution is 7.09. The maximum absolute atomic E-state index is 12.1. The quantitative estimate of drug-likeness (QED) is 0.888. The Kier molecular flexibility index (Phi) is 4.94. The fourth-order valence-corrected chi connectivity index (χ4v) is 3.14. The molecule has 0 spiro atoms. The van der Waals surface area contributed by atoms with Crippen molar-refractivity contribution in [3.05, 3.63) is 16.1 Å². The highest BCUT2D eigenvalue weighted by atomic mass is 32.1. The van der Waals surface area contributed by atoms with Crippen molar-refractivity contribution in [1.82, 2.24) is 15.2 Å². The number of carboxylic acid groups (broad SMARTS) is 1. The molecular formula is C13H19N3O3S. The molecule has 7 heteroatoms. The number of hydrogen-bond donors (Lipinski definition) is 2. The molecule has 1 fully saturated rings. The molecule has 2 rings (SSSR count). The molecule has 1 atom stereocenters. The summed E-state index contributed by atoms with van der Waals surface area (Å²) >= 11 is 1.53. The van der Waals surface area contributed by atoms with Crippen molar-refractivity contribution in [3.63, 3.8) is 0 Å². The summed E-state index contributed by atoms with van der Waals surface area (Å²) < 4.78 is 0. The van der Waals surface area contributed by atoms with Gasteiger partial charge in [0.05, 0.1) is 17.7 Å². The van der Waals surface area contributed by atoms with Gasteiger partial charge in [0.25, 0.3) is 0 Å². The first-order chi connectivity index (χ1) is 9.56. The zero-order valence-corrected chi connectivity index (χ0v) is 12.3. The van der Waals surface area contributed by atoms with Crippen LogP contribution in [-0.2, 0) is 11.3 Å². The van der Waals surface area contributed by atoms with E-state index in [-0.39, 0.29) is 18.4 Å². The maximum Gasteiger partial charge on any atom is 0.317 e. The average Bonchev–Trinajstić information content (AvgIpc) is 2.81. The molecule has 2 amide bonds. The lowest BCUT2D eigenvalue weighted by atomic mass is 9.95. The van der Waals surface area contributed by atoms with Gasteiger partial charge in [0.1, 0.15) is 0 Å². The van der Waals surface area contributed by atoms with Crippen LogP contribution in [0.2, 0.25) is 0 Å². The fourth-order valence-electron chi connectivity index (χ4n) is 2.43. The van der Waals surface area contributed by atoms with Gasteiger partial charge >= 0.3 is 12.0 Å². The molecule has 0 bridgehead atoms. The van der Waals surface area contributed by atoms with Crippen LogP contribution >= 0.6 is 11.3 Å². The molecule has 0 saturated carbocycles. The highest BCUT2D eigenvalue weighted by Crippen LogP contribution is 2.20. The van der Waals surface area contributed by atoms with Crippen molar-refractivity contribution < 1.29 is 14.7 Å². The van der Waals surface area contributed by atoms with Crippen LogP contribution in [0.15, 0.2) is 5.51 Å². The molecule has 2 heterocycles. The van der Waals surface area contributed by atoms with Crippen molar-refractivity contribution in [1.29, 1.82) is 0 Å². The number of aliphatic carboxylic acids is 1. The molecule has 1 aliphatic rings. The molecule has 0 radical (unpaired) electrons. The van der Waals surface area contributed by atoms with E-state index in [1.807, 2.05) is 6.92 Å². The summed E-state index contributed by atoms with van der Waals surface area (Å²) in [6.45, 7) is 3.63. The van der Waals surface area contributed by atoms with Gasteiger partial charge in [-0.3, -0.25) is 4.79 Å². The van der Waals surface area contributed by atoms with E-state index in [0.29, 0.717) is 19.6 Å². The predicted octanol–water partition coefficient (Wildman–Crippen LogP) is 1.85. The second-order valence-electron chi connectivity index (χ2n) is 5.07. The number of aromatic nitrogens is 1. The van der Waals surface area contributed by atoms with Crippen molar-refractivity contribution >= 4 is 23.3 Å². The van der Waals surface area contributed by atoms with Crippen LogP contribution in [-0.4, -0.2) is 40.1 Å². The van der Waals surface area contributed by atoms with E-state index in [1.165, 1.54) is 11.3 Å². The summed E-state index contributed by atoms with van der Waals surface area (Å²) in [5, 5.41) is 11.7. The van der Waals surface area contributed by atoms with Crippen LogP contribution in [0.3, 0.4) is 0 Å². The van der Waals surface area contributed by atoms with Gasteiger partial charge in [0, 0.05) is 24.4 Å². The van der Waals surface area contributed by atoms with Gasteiger partial charge < -0.3 is 15.3 Å². The number of rotatable bonds is 4. The molecule has 1 saturated heterocycles. The zero-order valence-electron chi connectivity index (χ0n) is 11.5. The number of likely N-dealkylation sites (tertiary alicyclic amines) is 1. The summed E-state index contributed by atoms with van der Waals surface area (Å²) in [5.74, 6) is -0.727. The molecule has 20 heavy (non-hydrogen) atoms. The molecule has 0 aliphatic carbocycles. The number of nitrogens with one attached hydrogen (secondary N) is 1. The van der Waals surface area contributed by atoms with Gasteiger partial charge in [-0.25, -0.2) is 9.78 Å². The van der Waals surface area contributed by atoms with Crippen LogP contribution in [0, 0.1) is 12.8 Å². The lowest BCUT2D eigenvalue weighted by Gasteiger charge is -2.32. The molecular weight excluding hydrogens is 278 g/mol. The number of nitrogens with zero attached hydrogens (tertiary/aromatic N) is 2. The topological polar surface area (TPSA) is 82.5 Å². The van der Waals surface area contributed by atoms with Crippen LogP contribution in [0.5, 0.6) is 0 Å². The van der Waals surface area contributed by atoms with E-state index < -0.39 is 5.97 Å². The molecule has 1 unspecified atom stereocenters. The van der Waals surface area contributed by atoms with E-state index in [2.05, 4.69) is 10.3 Å². The third-order valence-corrected chi connectivity index (χ3v) is 4.45. The van der Waals surface area contributed by atoms with Crippen LogP contribution in [0.4, 0.5) is 4.79 Å². The third-order valence-electron chi connectivity index (χ3n) is 3.51. The summed E-state index contributed by atoms with van der Waals surface area (Å²) in [5.41, 5.74) is 2.71. The van der Waals surface area contributed by atoms with Crippen molar-refractivity contribution in [3.8, 4) is 0 Å². The Morgan fingerprint density at radius 2 is 2.40 bits per heavy atom. The number of carbonyl (C=O) groups is 2. The highest BCUT2D eigenvalue weighted by Gasteiger charge is 2.25. The fraction of sp³-hybridized carbons (Fsp3) is 0.615. The number of amides is 2. The van der Waals surface area contributed by atoms with Crippen LogP contribution in [0.1, 0.15) is 29.8 Å². The molecule has 1 aromatic heterocycles. The smallest absolute Gasteiger partial charge is 0.317 e. The minimum Gasteiger partial charge on any atom is -0.481 e. The van der Waals surface area contributed by atoms with E-state index in [1.54, 1.807) is 10.4 Å². The van der Waals surface area contributed by atoms with Crippen molar-refractivity contribution in [2.24, 2.45) is 5.92 Å². The normalized spacial score (nSPS) is 18.9. The zero-order chi connectivity index (χ0) is 14.5. The van der Waals surface area contributed by atoms with Gasteiger partial charge in [-0.2, -0.15) is 0 Å². The number of carboxylic acids is 1. The van der Waals surface area contributed by atoms with Gasteiger partial charge in [-0.15, -0.1) is 11.3 Å². The first-order valence-corrected chi connectivity index (χ1v) is 7.57. The maximum atomic E-state index is 12.1. The second-order valence-corrected chi connectivity index (χ2v) is 6.01. The molecule has 2 N–H and O–H groups in total. The van der Waals surface area contributed by atoms with E-state index in [4.69, 9.17) is 5.11 Å². The standard InChI is InChI=1S/C13H19N3O3S/c1-9-11(20-8-15-9)6-14-13(19)16-4-2-3-10(7-16)5-12(17)18/h8,10H,2-7H2,1H3,(H,14,19)(H,17,18). The van der Waals surface area contributed by atoms with Gasteiger partial charge in [-0.05, 0) is 25.7 Å². The van der Waals surface area contributed by atoms with E-state index in [0.717, 1.165) is 23.4 Å². The molecule has 1 aliphatic heterocycles. The van der Waals surface area contributed by atoms with Gasteiger partial charge in [-0.1, -0.05) is 0 Å². The third kappa shape index (κ3) is 3.93. The Bertz CT molecular complexity index is 489. The Labute approximate surface area is 121 Å². The number of piperidine rings is 1. The minimum absolute atomic E-state index is 0.0668. The number of urea groups is 1. The van der Waals surface area contributed by atoms with Crippen LogP contribution in [0.25, 0.3) is 0 Å². The number of hydrogen-bond acceptors (Lipinski definition) is 4. The van der Waals surface area contributed by atoms with Crippen molar-refractivity contribution in [2.75, 3.05) is 13.1 Å². The van der Waals surface area contributed by atoms with Crippen LogP contribution < -0.4 is 5.32 Å². The van der Waals surface area contributed by atoms with Gasteiger partial charge in [0.2, 0.25) is 0 Å². The first-order valence-electron chi connectivity index (χ1n) is 6.69. The summed E-state index contributed by atoms with van der Waals surface area (Å²) in [6, 6.07) is -0.118. The summed E-state index contributed by atoms with van der Waals surface area (Å²) in [6.07, 6.45) is 1.88. The Morgan fingerprint density at radius 3 is 3.05 bits per heavy atom. The lowest BCUT2D eigenvalue weighted by Crippen LogP contribution is -2.45. The van der Waals surface area contributed by atoms with E-state index in [9.17, 15) is 9.59 Å². The van der Waals surface area contributed by atoms with Gasteiger partial charge in [0.15, 0.2) is 0 Å². The Morgan fingerprint density at radius 1 is 1.60 bits per heavy atom. The molecule has 6 nitrogen and oxygen atoms in total. The second kappa shape index (κ2) is 6.69. The Balaban J connectivity index is 1.82. The summed E-state index contributed by atoms with van der Waals surface area (Å²) in [4.78, 5) is 29.7. The predicted molar refractivity (Wildman–Crippen MR) is 75.6 cm³/mol.